The van der Waals surface area contributed by atoms with E-state index in [9.17, 15) is 4.79 Å². The Morgan fingerprint density at radius 1 is 1.19 bits per heavy atom. The van der Waals surface area contributed by atoms with E-state index in [1.807, 2.05) is 11.9 Å². The Hall–Kier alpha value is -0.650. The maximum atomic E-state index is 12.3. The maximum Gasteiger partial charge on any atom is 0.224 e. The van der Waals surface area contributed by atoms with Gasteiger partial charge in [-0.1, -0.05) is 0 Å². The fourth-order valence-corrected chi connectivity index (χ4v) is 3.88. The monoisotopic (exact) mass is 296 g/mol. The molecular formula is C16H28N2O3. The lowest BCUT2D eigenvalue weighted by Crippen LogP contribution is -2.48. The van der Waals surface area contributed by atoms with Crippen LogP contribution in [0.2, 0.25) is 0 Å². The summed E-state index contributed by atoms with van der Waals surface area (Å²) in [6.07, 6.45) is 7.48. The molecule has 1 amide bonds. The van der Waals surface area contributed by atoms with Gasteiger partial charge in [-0.3, -0.25) is 4.79 Å². The lowest BCUT2D eigenvalue weighted by atomic mass is 9.98. The van der Waals surface area contributed by atoms with Crippen LogP contribution in [0.3, 0.4) is 0 Å². The van der Waals surface area contributed by atoms with E-state index in [1.165, 1.54) is 12.8 Å². The van der Waals surface area contributed by atoms with Gasteiger partial charge in [0.15, 0.2) is 0 Å². The summed E-state index contributed by atoms with van der Waals surface area (Å²) in [5.41, 5.74) is 0. The summed E-state index contributed by atoms with van der Waals surface area (Å²) in [4.78, 5) is 14.3. The van der Waals surface area contributed by atoms with Gasteiger partial charge in [0, 0.05) is 38.4 Å². The van der Waals surface area contributed by atoms with Crippen LogP contribution in [0.15, 0.2) is 0 Å². The fraction of sp³-hybridized carbons (Fsp3) is 0.938. The Morgan fingerprint density at radius 3 is 2.52 bits per heavy atom. The first-order valence-corrected chi connectivity index (χ1v) is 8.43. The molecule has 2 unspecified atom stereocenters. The normalized spacial score (nSPS) is 33.1. The van der Waals surface area contributed by atoms with Gasteiger partial charge in [-0.05, 0) is 38.5 Å². The lowest BCUT2D eigenvalue weighted by molar-refractivity contribution is -0.134. The van der Waals surface area contributed by atoms with Crippen molar-refractivity contribution in [3.63, 3.8) is 0 Å². The Kier molecular flexibility index (Phi) is 5.14. The second kappa shape index (κ2) is 7.07. The highest BCUT2D eigenvalue weighted by molar-refractivity contribution is 5.76. The zero-order valence-electron chi connectivity index (χ0n) is 13.1. The second-order valence-electron chi connectivity index (χ2n) is 6.70. The molecule has 5 heteroatoms. The summed E-state index contributed by atoms with van der Waals surface area (Å²) in [5.74, 6) is 0.230. The molecule has 120 valence electrons. The predicted octanol–water partition coefficient (Wildman–Crippen LogP) is 1.31. The molecule has 2 bridgehead atoms. The molecule has 3 aliphatic heterocycles. The molecule has 0 saturated carbocycles. The number of carbonyl (C=O) groups is 1. The van der Waals surface area contributed by atoms with E-state index in [-0.39, 0.29) is 12.0 Å². The van der Waals surface area contributed by atoms with Gasteiger partial charge < -0.3 is 19.7 Å². The topological polar surface area (TPSA) is 50.8 Å². The molecule has 0 aliphatic carbocycles. The first-order valence-electron chi connectivity index (χ1n) is 8.43. The van der Waals surface area contributed by atoms with E-state index in [4.69, 9.17) is 9.47 Å². The van der Waals surface area contributed by atoms with Crippen LogP contribution < -0.4 is 5.32 Å². The average molecular weight is 296 g/mol. The van der Waals surface area contributed by atoms with Gasteiger partial charge in [0.1, 0.15) is 0 Å². The first kappa shape index (κ1) is 15.3. The number of piperidine rings is 1. The molecule has 3 saturated heterocycles. The van der Waals surface area contributed by atoms with Crippen molar-refractivity contribution in [3.8, 4) is 0 Å². The summed E-state index contributed by atoms with van der Waals surface area (Å²) < 4.78 is 11.1. The van der Waals surface area contributed by atoms with E-state index < -0.39 is 0 Å². The minimum absolute atomic E-state index is 0.230. The molecule has 3 rings (SSSR count). The van der Waals surface area contributed by atoms with Crippen LogP contribution in [0.25, 0.3) is 0 Å². The van der Waals surface area contributed by atoms with Crippen LogP contribution in [0.5, 0.6) is 0 Å². The van der Waals surface area contributed by atoms with Crippen molar-refractivity contribution in [2.24, 2.45) is 0 Å². The van der Waals surface area contributed by atoms with Gasteiger partial charge in [-0.25, -0.2) is 0 Å². The number of rotatable bonds is 5. The number of nitrogens with zero attached hydrogens (tertiary/aromatic N) is 1. The highest BCUT2D eigenvalue weighted by Gasteiger charge is 2.36. The average Bonchev–Trinajstić information content (AvgIpc) is 2.85. The number of carbonyl (C=O) groups excluding carboxylic acids is 1. The number of hydrogen-bond acceptors (Lipinski definition) is 4. The number of fused-ring (bicyclic) bond motifs is 2. The van der Waals surface area contributed by atoms with Gasteiger partial charge in [0.25, 0.3) is 0 Å². The van der Waals surface area contributed by atoms with Gasteiger partial charge >= 0.3 is 0 Å². The van der Waals surface area contributed by atoms with Crippen LogP contribution in [-0.2, 0) is 14.3 Å². The number of nitrogens with one attached hydrogen (secondary N) is 1. The number of ether oxygens (including phenoxy) is 2. The van der Waals surface area contributed by atoms with E-state index in [0.29, 0.717) is 31.2 Å². The molecule has 3 aliphatic rings. The zero-order chi connectivity index (χ0) is 14.7. The van der Waals surface area contributed by atoms with Gasteiger partial charge in [0.2, 0.25) is 5.91 Å². The largest absolute Gasteiger partial charge is 0.381 e. The molecular weight excluding hydrogens is 268 g/mol. The summed E-state index contributed by atoms with van der Waals surface area (Å²) in [7, 11) is 1.96. The second-order valence-corrected chi connectivity index (χ2v) is 6.70. The molecule has 0 radical (unpaired) electrons. The van der Waals surface area contributed by atoms with Crippen LogP contribution in [0.4, 0.5) is 0 Å². The minimum Gasteiger partial charge on any atom is -0.381 e. The molecule has 0 aromatic heterocycles. The van der Waals surface area contributed by atoms with Crippen molar-refractivity contribution in [2.75, 3.05) is 26.9 Å². The van der Waals surface area contributed by atoms with Crippen LogP contribution in [-0.4, -0.2) is 61.9 Å². The summed E-state index contributed by atoms with van der Waals surface area (Å²) in [6.45, 7) is 2.12. The Balaban J connectivity index is 1.38. The molecule has 0 spiro atoms. The SMILES string of the molecule is CN(C(=O)CCOC1CCOCC1)C1CC2CCC(C1)N2. The third-order valence-electron chi connectivity index (χ3n) is 5.23. The maximum absolute atomic E-state index is 12.3. The van der Waals surface area contributed by atoms with Crippen molar-refractivity contribution >= 4 is 5.91 Å². The Bertz CT molecular complexity index is 345. The third-order valence-corrected chi connectivity index (χ3v) is 5.23. The highest BCUT2D eigenvalue weighted by Crippen LogP contribution is 2.29. The quantitative estimate of drug-likeness (QED) is 0.831. The Labute approximate surface area is 127 Å². The van der Waals surface area contributed by atoms with Crippen molar-refractivity contribution in [2.45, 2.75) is 69.2 Å². The van der Waals surface area contributed by atoms with Crippen molar-refractivity contribution in [1.29, 1.82) is 0 Å². The van der Waals surface area contributed by atoms with Crippen molar-refractivity contribution in [3.05, 3.63) is 0 Å². The molecule has 3 fully saturated rings. The third kappa shape index (κ3) is 3.96. The smallest absolute Gasteiger partial charge is 0.224 e. The van der Waals surface area contributed by atoms with E-state index in [1.54, 1.807) is 0 Å². The molecule has 21 heavy (non-hydrogen) atoms. The molecule has 5 nitrogen and oxygen atoms in total. The van der Waals surface area contributed by atoms with Crippen LogP contribution in [0.1, 0.15) is 44.9 Å². The highest BCUT2D eigenvalue weighted by atomic mass is 16.5. The van der Waals surface area contributed by atoms with Gasteiger partial charge in [-0.2, -0.15) is 0 Å². The molecule has 3 heterocycles. The molecule has 0 aromatic carbocycles. The summed E-state index contributed by atoms with van der Waals surface area (Å²) in [6, 6.07) is 1.67. The molecule has 1 N–H and O–H groups in total. The Morgan fingerprint density at radius 2 is 1.86 bits per heavy atom. The number of hydrogen-bond donors (Lipinski definition) is 1. The predicted molar refractivity (Wildman–Crippen MR) is 80.1 cm³/mol. The van der Waals surface area contributed by atoms with Crippen LogP contribution in [0, 0.1) is 0 Å². The number of amides is 1. The van der Waals surface area contributed by atoms with E-state index in [0.717, 1.165) is 38.9 Å². The van der Waals surface area contributed by atoms with E-state index in [2.05, 4.69) is 5.32 Å². The van der Waals surface area contributed by atoms with Crippen LogP contribution >= 0.6 is 0 Å². The van der Waals surface area contributed by atoms with Crippen molar-refractivity contribution < 1.29 is 14.3 Å². The molecule has 0 aromatic rings. The first-order chi connectivity index (χ1) is 10.2. The summed E-state index contributed by atoms with van der Waals surface area (Å²) >= 11 is 0. The standard InChI is InChI=1S/C16H28N2O3/c1-18(14-10-12-2-3-13(11-14)17-12)16(19)6-9-21-15-4-7-20-8-5-15/h12-15,17H,2-11H2,1H3. The molecule has 2 atom stereocenters. The minimum atomic E-state index is 0.230. The summed E-state index contributed by atoms with van der Waals surface area (Å²) in [5, 5.41) is 3.63. The van der Waals surface area contributed by atoms with Gasteiger partial charge in [-0.15, -0.1) is 0 Å². The van der Waals surface area contributed by atoms with Crippen molar-refractivity contribution in [1.82, 2.24) is 10.2 Å². The van der Waals surface area contributed by atoms with E-state index >= 15 is 0 Å². The lowest BCUT2D eigenvalue weighted by Gasteiger charge is -2.35. The fourth-order valence-electron chi connectivity index (χ4n) is 3.88. The van der Waals surface area contributed by atoms with Gasteiger partial charge in [0.05, 0.1) is 19.1 Å². The zero-order valence-corrected chi connectivity index (χ0v) is 13.1.